The summed E-state index contributed by atoms with van der Waals surface area (Å²) in [7, 11) is 0. The number of hydrogen-bond acceptors (Lipinski definition) is 3. The molecule has 3 rings (SSSR count). The van der Waals surface area contributed by atoms with Gasteiger partial charge in [-0.3, -0.25) is 9.59 Å². The molecular formula is C15H13BrFN3O2. The molecule has 0 fully saturated rings. The average molecular weight is 366 g/mol. The lowest BCUT2D eigenvalue weighted by Crippen LogP contribution is -2.23. The highest BCUT2D eigenvalue weighted by Crippen LogP contribution is 2.29. The zero-order valence-corrected chi connectivity index (χ0v) is 13.1. The monoisotopic (exact) mass is 365 g/mol. The molecule has 1 aromatic heterocycles. The fourth-order valence-electron chi connectivity index (χ4n) is 2.66. The molecule has 2 heterocycles. The summed E-state index contributed by atoms with van der Waals surface area (Å²) in [5, 5.41) is 2.87. The quantitative estimate of drug-likeness (QED) is 0.876. The molecule has 0 radical (unpaired) electrons. The van der Waals surface area contributed by atoms with Crippen LogP contribution >= 0.6 is 15.9 Å². The van der Waals surface area contributed by atoms with Gasteiger partial charge in [-0.1, -0.05) is 15.9 Å². The second kappa shape index (κ2) is 5.57. The molecule has 3 N–H and O–H groups in total. The average Bonchev–Trinajstić information content (AvgIpc) is 2.86. The van der Waals surface area contributed by atoms with Gasteiger partial charge in [0.25, 0.3) is 5.56 Å². The van der Waals surface area contributed by atoms with Crippen molar-refractivity contribution in [3.05, 3.63) is 56.7 Å². The summed E-state index contributed by atoms with van der Waals surface area (Å²) in [6.07, 6.45) is 0.515. The molecule has 1 aliphatic heterocycles. The molecule has 0 saturated heterocycles. The van der Waals surface area contributed by atoms with Crippen molar-refractivity contribution >= 4 is 33.2 Å². The number of carbonyl (C=O) groups is 1. The predicted molar refractivity (Wildman–Crippen MR) is 84.6 cm³/mol. The van der Waals surface area contributed by atoms with Gasteiger partial charge < -0.3 is 15.6 Å². The lowest BCUT2D eigenvalue weighted by atomic mass is 10.0. The number of anilines is 2. The summed E-state index contributed by atoms with van der Waals surface area (Å²) < 4.78 is 16.0. The number of benzene rings is 1. The molecule has 1 amide bonds. The molecule has 1 aliphatic rings. The third-order valence-electron chi connectivity index (χ3n) is 3.71. The molecule has 1 unspecified atom stereocenters. The van der Waals surface area contributed by atoms with Crippen LogP contribution in [0.15, 0.2) is 39.6 Å². The third-order valence-corrected chi connectivity index (χ3v) is 4.21. The highest BCUT2D eigenvalue weighted by atomic mass is 79.9. The van der Waals surface area contributed by atoms with Crippen LogP contribution in [0.4, 0.5) is 15.8 Å². The maximum atomic E-state index is 13.9. The number of pyridine rings is 1. The van der Waals surface area contributed by atoms with Crippen LogP contribution in [-0.2, 0) is 11.3 Å². The second-order valence-electron chi connectivity index (χ2n) is 5.15. The number of rotatable bonds is 3. The molecule has 114 valence electrons. The van der Waals surface area contributed by atoms with Gasteiger partial charge in [0, 0.05) is 28.5 Å². The van der Waals surface area contributed by atoms with Gasteiger partial charge >= 0.3 is 0 Å². The van der Waals surface area contributed by atoms with Crippen LogP contribution in [0.1, 0.15) is 18.0 Å². The molecule has 0 bridgehead atoms. The van der Waals surface area contributed by atoms with Crippen LogP contribution in [0.5, 0.6) is 0 Å². The number of nitrogens with zero attached hydrogens (tertiary/aromatic N) is 1. The fraction of sp³-hybridized carbons (Fsp3) is 0.200. The van der Waals surface area contributed by atoms with E-state index in [1.165, 1.54) is 16.7 Å². The van der Waals surface area contributed by atoms with E-state index in [1.54, 1.807) is 18.2 Å². The predicted octanol–water partition coefficient (Wildman–Crippen LogP) is 2.47. The zero-order chi connectivity index (χ0) is 15.9. The number of amides is 1. The van der Waals surface area contributed by atoms with E-state index < -0.39 is 17.6 Å². The minimum Gasteiger partial charge on any atom is -0.369 e. The minimum atomic E-state index is -0.482. The smallest absolute Gasteiger partial charge is 0.252 e. The fourth-order valence-corrected chi connectivity index (χ4v) is 2.99. The normalized spacial score (nSPS) is 16.4. The Hall–Kier alpha value is -2.15. The number of aromatic nitrogens is 1. The Kier molecular flexibility index (Phi) is 3.74. The van der Waals surface area contributed by atoms with Crippen LogP contribution in [0.2, 0.25) is 0 Å². The lowest BCUT2D eigenvalue weighted by Gasteiger charge is -2.12. The Morgan fingerprint density at radius 2 is 2.14 bits per heavy atom. The number of hydrogen-bond donors (Lipinski definition) is 2. The van der Waals surface area contributed by atoms with Gasteiger partial charge in [0.2, 0.25) is 5.91 Å². The summed E-state index contributed by atoms with van der Waals surface area (Å²) >= 11 is 3.19. The van der Waals surface area contributed by atoms with Crippen molar-refractivity contribution in [1.82, 2.24) is 4.57 Å². The Morgan fingerprint density at radius 3 is 2.82 bits per heavy atom. The first-order valence-electron chi connectivity index (χ1n) is 6.72. The number of primary amides is 1. The first-order chi connectivity index (χ1) is 10.5. The van der Waals surface area contributed by atoms with Crippen molar-refractivity contribution in [2.24, 2.45) is 5.73 Å². The van der Waals surface area contributed by atoms with E-state index in [2.05, 4.69) is 21.2 Å². The standard InChI is InChI=1S/C15H13BrFN3O2/c16-8-1-2-12(11(17)5-8)19-9-6-13-10(15(18)22)3-4-20(13)14(21)7-9/h1-2,5-7,10,19H,3-4H2,(H2,18,22). The van der Waals surface area contributed by atoms with Gasteiger partial charge in [-0.15, -0.1) is 0 Å². The summed E-state index contributed by atoms with van der Waals surface area (Å²) in [5.74, 6) is -1.39. The van der Waals surface area contributed by atoms with Crippen LogP contribution < -0.4 is 16.6 Å². The topological polar surface area (TPSA) is 77.1 Å². The van der Waals surface area contributed by atoms with Crippen LogP contribution in [-0.4, -0.2) is 10.5 Å². The van der Waals surface area contributed by atoms with Crippen molar-refractivity contribution in [2.75, 3.05) is 5.32 Å². The highest BCUT2D eigenvalue weighted by molar-refractivity contribution is 9.10. The Morgan fingerprint density at radius 1 is 1.36 bits per heavy atom. The molecule has 1 atom stereocenters. The highest BCUT2D eigenvalue weighted by Gasteiger charge is 2.28. The van der Waals surface area contributed by atoms with E-state index in [1.807, 2.05) is 0 Å². The van der Waals surface area contributed by atoms with Gasteiger partial charge in [0.15, 0.2) is 0 Å². The first kappa shape index (κ1) is 14.8. The molecule has 22 heavy (non-hydrogen) atoms. The number of fused-ring (bicyclic) bond motifs is 1. The molecule has 7 heteroatoms. The molecule has 5 nitrogen and oxygen atoms in total. The minimum absolute atomic E-state index is 0.235. The number of halogens is 2. The summed E-state index contributed by atoms with van der Waals surface area (Å²) in [6.45, 7) is 0.467. The van der Waals surface area contributed by atoms with E-state index in [0.717, 1.165) is 0 Å². The number of nitrogens with two attached hydrogens (primary N) is 1. The number of nitrogens with one attached hydrogen (secondary N) is 1. The van der Waals surface area contributed by atoms with Crippen LogP contribution in [0, 0.1) is 5.82 Å². The van der Waals surface area contributed by atoms with Gasteiger partial charge in [0.05, 0.1) is 11.6 Å². The Balaban J connectivity index is 1.99. The van der Waals surface area contributed by atoms with Crippen LogP contribution in [0.3, 0.4) is 0 Å². The maximum Gasteiger partial charge on any atom is 0.252 e. The van der Waals surface area contributed by atoms with Crippen molar-refractivity contribution in [3.63, 3.8) is 0 Å². The Bertz CT molecular complexity index is 819. The van der Waals surface area contributed by atoms with E-state index in [-0.39, 0.29) is 11.2 Å². The molecule has 0 spiro atoms. The lowest BCUT2D eigenvalue weighted by molar-refractivity contribution is -0.119. The zero-order valence-electron chi connectivity index (χ0n) is 11.5. The van der Waals surface area contributed by atoms with Crippen LogP contribution in [0.25, 0.3) is 0 Å². The molecule has 0 saturated carbocycles. The number of carbonyl (C=O) groups excluding carboxylic acids is 1. The van der Waals surface area contributed by atoms with E-state index in [9.17, 15) is 14.0 Å². The summed E-state index contributed by atoms with van der Waals surface area (Å²) in [4.78, 5) is 23.6. The Labute approximate surface area is 134 Å². The van der Waals surface area contributed by atoms with Crippen molar-refractivity contribution < 1.29 is 9.18 Å². The van der Waals surface area contributed by atoms with E-state index in [4.69, 9.17) is 5.73 Å². The summed E-state index contributed by atoms with van der Waals surface area (Å²) in [5.41, 5.74) is 6.39. The first-order valence-corrected chi connectivity index (χ1v) is 7.51. The van der Waals surface area contributed by atoms with Gasteiger partial charge in [-0.2, -0.15) is 0 Å². The third kappa shape index (κ3) is 2.64. The van der Waals surface area contributed by atoms with E-state index >= 15 is 0 Å². The molecule has 0 aliphatic carbocycles. The van der Waals surface area contributed by atoms with Crippen molar-refractivity contribution in [2.45, 2.75) is 18.9 Å². The van der Waals surface area contributed by atoms with Crippen molar-refractivity contribution in [1.29, 1.82) is 0 Å². The molecule has 2 aromatic rings. The second-order valence-corrected chi connectivity index (χ2v) is 6.07. The molecule has 1 aromatic carbocycles. The molecular weight excluding hydrogens is 353 g/mol. The maximum absolute atomic E-state index is 13.9. The summed E-state index contributed by atoms with van der Waals surface area (Å²) in [6, 6.07) is 7.64. The van der Waals surface area contributed by atoms with Crippen molar-refractivity contribution in [3.8, 4) is 0 Å². The van der Waals surface area contributed by atoms with Gasteiger partial charge in [-0.05, 0) is 30.7 Å². The van der Waals surface area contributed by atoms with E-state index in [0.29, 0.717) is 28.8 Å². The van der Waals surface area contributed by atoms with Gasteiger partial charge in [0.1, 0.15) is 5.82 Å². The van der Waals surface area contributed by atoms with Gasteiger partial charge in [-0.25, -0.2) is 4.39 Å². The SMILES string of the molecule is NC(=O)C1CCn2c1cc(Nc1ccc(Br)cc1F)cc2=O. The largest absolute Gasteiger partial charge is 0.369 e.